The van der Waals surface area contributed by atoms with Gasteiger partial charge in [0.2, 0.25) is 0 Å². The zero-order valence-electron chi connectivity index (χ0n) is 29.3. The summed E-state index contributed by atoms with van der Waals surface area (Å²) in [5.74, 6) is -0.354. The quantitative estimate of drug-likeness (QED) is 0.274. The number of benzene rings is 1. The van der Waals surface area contributed by atoms with Crippen LogP contribution in [0.15, 0.2) is 30.3 Å². The van der Waals surface area contributed by atoms with Gasteiger partial charge in [0.05, 0.1) is 31.5 Å². The van der Waals surface area contributed by atoms with Gasteiger partial charge in [-0.25, -0.2) is 0 Å². The topological polar surface area (TPSA) is 66.4 Å². The van der Waals surface area contributed by atoms with Crippen molar-refractivity contribution in [2.75, 3.05) is 13.2 Å². The number of aliphatic hydroxyl groups excluding tert-OH is 1. The van der Waals surface area contributed by atoms with Gasteiger partial charge in [0.25, 0.3) is 0 Å². The zero-order valence-corrected chi connectivity index (χ0v) is 32.3. The predicted octanol–water partition coefficient (Wildman–Crippen LogP) is 8.51. The van der Waals surface area contributed by atoms with E-state index in [1.165, 1.54) is 0 Å². The molecule has 0 aromatic heterocycles. The van der Waals surface area contributed by atoms with Gasteiger partial charge in [0, 0.05) is 11.8 Å². The molecule has 0 saturated carbocycles. The molecule has 0 amide bonds. The number of hydrogen-bond donors (Lipinski definition) is 1. The maximum Gasteiger partial charge on any atom is 0.192 e. The smallest absolute Gasteiger partial charge is 0.192 e. The van der Waals surface area contributed by atoms with Crippen LogP contribution in [0.2, 0.25) is 54.4 Å². The average Bonchev–Trinajstić information content (AvgIpc) is 3.26. The van der Waals surface area contributed by atoms with Crippen LogP contribution >= 0.6 is 0 Å². The second-order valence-electron chi connectivity index (χ2n) is 17.2. The van der Waals surface area contributed by atoms with Gasteiger partial charge in [-0.1, -0.05) is 92.6 Å². The summed E-state index contributed by atoms with van der Waals surface area (Å²) < 4.78 is 34.7. The van der Waals surface area contributed by atoms with Gasteiger partial charge in [-0.05, 0) is 60.0 Å². The van der Waals surface area contributed by atoms with E-state index in [2.05, 4.69) is 102 Å². The predicted molar refractivity (Wildman–Crippen MR) is 180 cm³/mol. The van der Waals surface area contributed by atoms with Crippen molar-refractivity contribution in [1.29, 1.82) is 0 Å². The van der Waals surface area contributed by atoms with Gasteiger partial charge in [-0.3, -0.25) is 0 Å². The molecular formula is C33H62O6Si3. The van der Waals surface area contributed by atoms with Crippen molar-refractivity contribution < 1.29 is 27.9 Å². The lowest BCUT2D eigenvalue weighted by molar-refractivity contribution is -0.254. The van der Waals surface area contributed by atoms with Crippen LogP contribution in [0.25, 0.3) is 0 Å². The maximum absolute atomic E-state index is 11.7. The first kappa shape index (κ1) is 36.1. The Bertz CT molecular complexity index is 1020. The van der Waals surface area contributed by atoms with Crippen LogP contribution in [0.4, 0.5) is 0 Å². The van der Waals surface area contributed by atoms with E-state index in [1.54, 1.807) is 0 Å². The zero-order chi connectivity index (χ0) is 32.1. The minimum absolute atomic E-state index is 0.00245. The third kappa shape index (κ3) is 7.70. The summed E-state index contributed by atoms with van der Waals surface area (Å²) in [6, 6.07) is 9.91. The van der Waals surface area contributed by atoms with E-state index >= 15 is 0 Å². The lowest BCUT2D eigenvalue weighted by atomic mass is 9.79. The number of ether oxygens (including phenoxy) is 2. The van der Waals surface area contributed by atoms with Crippen LogP contribution in [-0.4, -0.2) is 67.9 Å². The number of rotatable bonds is 9. The molecule has 242 valence electrons. The molecule has 2 aliphatic rings. The summed E-state index contributed by atoms with van der Waals surface area (Å²) in [5, 5.41) is 11.8. The molecule has 9 heteroatoms. The second-order valence-corrected chi connectivity index (χ2v) is 31.6. The molecular weight excluding hydrogens is 577 g/mol. The highest BCUT2D eigenvalue weighted by Crippen LogP contribution is 2.50. The van der Waals surface area contributed by atoms with Crippen LogP contribution in [-0.2, 0) is 22.8 Å². The molecule has 1 aromatic carbocycles. The molecule has 2 heterocycles. The van der Waals surface area contributed by atoms with Crippen LogP contribution in [0.3, 0.4) is 0 Å². The first-order chi connectivity index (χ1) is 18.9. The Labute approximate surface area is 260 Å². The summed E-state index contributed by atoms with van der Waals surface area (Å²) in [7, 11) is -6.58. The third-order valence-corrected chi connectivity index (χ3v) is 24.5. The Morgan fingerprint density at radius 3 is 1.71 bits per heavy atom. The fraction of sp³-hybridized carbons (Fsp3) is 0.818. The SMILES string of the molecule is CC(C)(C)[Si](C)(C)OC[C@H]1O[C@@H]2OC[C@@H]([C@H](O)c3ccccc3)[C@@H]2[C@@H](O[Si](C)(C)C(C)(C)C)[C@@H]1O[Si](C)(C)C(C)(C)C. The Morgan fingerprint density at radius 1 is 0.762 bits per heavy atom. The number of hydrogen-bond acceptors (Lipinski definition) is 6. The van der Waals surface area contributed by atoms with E-state index in [0.717, 1.165) is 5.56 Å². The molecule has 3 rings (SSSR count). The van der Waals surface area contributed by atoms with Crippen molar-refractivity contribution in [2.24, 2.45) is 11.8 Å². The van der Waals surface area contributed by atoms with Gasteiger partial charge in [-0.2, -0.15) is 0 Å². The summed E-state index contributed by atoms with van der Waals surface area (Å²) >= 11 is 0. The molecule has 0 unspecified atom stereocenters. The normalized spacial score (nSPS) is 29.0. The van der Waals surface area contributed by atoms with Crippen molar-refractivity contribution in [3.63, 3.8) is 0 Å². The highest BCUT2D eigenvalue weighted by atomic mass is 28.4. The third-order valence-electron chi connectivity index (χ3n) is 11.1. The minimum atomic E-state index is -2.27. The van der Waals surface area contributed by atoms with Crippen molar-refractivity contribution in [1.82, 2.24) is 0 Å². The van der Waals surface area contributed by atoms with Gasteiger partial charge in [0.15, 0.2) is 31.2 Å². The molecule has 2 fully saturated rings. The Morgan fingerprint density at radius 2 is 1.24 bits per heavy atom. The monoisotopic (exact) mass is 638 g/mol. The largest absolute Gasteiger partial charge is 0.414 e. The van der Waals surface area contributed by atoms with E-state index in [0.29, 0.717) is 13.2 Å². The summed E-state index contributed by atoms with van der Waals surface area (Å²) in [5.41, 5.74) is 0.892. The van der Waals surface area contributed by atoms with E-state index in [9.17, 15) is 5.11 Å². The van der Waals surface area contributed by atoms with Gasteiger partial charge in [-0.15, -0.1) is 0 Å². The van der Waals surface area contributed by atoms with Gasteiger partial charge in [0.1, 0.15) is 6.10 Å². The Kier molecular flexibility index (Phi) is 10.7. The first-order valence-electron chi connectivity index (χ1n) is 15.9. The van der Waals surface area contributed by atoms with Gasteiger partial charge < -0.3 is 27.9 Å². The lowest BCUT2D eigenvalue weighted by Gasteiger charge is -2.53. The Hall–Kier alpha value is -0.369. The number of aliphatic hydroxyl groups is 1. The van der Waals surface area contributed by atoms with Crippen molar-refractivity contribution in [3.05, 3.63) is 35.9 Å². The van der Waals surface area contributed by atoms with E-state index in [4.69, 9.17) is 22.8 Å². The average molecular weight is 639 g/mol. The number of fused-ring (bicyclic) bond motifs is 1. The summed E-state index contributed by atoms with van der Waals surface area (Å²) in [6.07, 6.45) is -2.15. The molecule has 2 aliphatic heterocycles. The van der Waals surface area contributed by atoms with E-state index in [1.807, 2.05) is 30.3 Å². The molecule has 1 aromatic rings. The lowest BCUT2D eigenvalue weighted by Crippen LogP contribution is -2.64. The molecule has 7 atom stereocenters. The molecule has 1 N–H and O–H groups in total. The van der Waals surface area contributed by atoms with Crippen LogP contribution < -0.4 is 0 Å². The van der Waals surface area contributed by atoms with E-state index in [-0.39, 0.29) is 45.3 Å². The van der Waals surface area contributed by atoms with E-state index < -0.39 is 37.3 Å². The highest BCUT2D eigenvalue weighted by Gasteiger charge is 2.59. The van der Waals surface area contributed by atoms with Crippen molar-refractivity contribution in [3.8, 4) is 0 Å². The van der Waals surface area contributed by atoms with Crippen LogP contribution in [0, 0.1) is 11.8 Å². The van der Waals surface area contributed by atoms with Crippen LogP contribution in [0.5, 0.6) is 0 Å². The fourth-order valence-corrected chi connectivity index (χ4v) is 8.66. The van der Waals surface area contributed by atoms with Crippen molar-refractivity contribution >= 4 is 25.0 Å². The van der Waals surface area contributed by atoms with Crippen LogP contribution in [0.1, 0.15) is 74.0 Å². The molecule has 0 bridgehead atoms. The van der Waals surface area contributed by atoms with Gasteiger partial charge >= 0.3 is 0 Å². The molecule has 0 radical (unpaired) electrons. The highest BCUT2D eigenvalue weighted by molar-refractivity contribution is 6.75. The molecule has 6 nitrogen and oxygen atoms in total. The first-order valence-corrected chi connectivity index (χ1v) is 24.6. The summed E-state index contributed by atoms with van der Waals surface area (Å²) in [6.45, 7) is 35.1. The molecule has 0 spiro atoms. The summed E-state index contributed by atoms with van der Waals surface area (Å²) in [4.78, 5) is 0. The Balaban J connectivity index is 2.11. The molecule has 2 saturated heterocycles. The second kappa shape index (κ2) is 12.4. The minimum Gasteiger partial charge on any atom is -0.414 e. The van der Waals surface area contributed by atoms with Crippen molar-refractivity contribution in [2.45, 2.75) is 147 Å². The fourth-order valence-electron chi connectivity index (χ4n) is 5.00. The maximum atomic E-state index is 11.7. The molecule has 0 aliphatic carbocycles. The standard InChI is InChI=1S/C33H62O6Si3/c1-31(2,3)40(10,11)36-22-25-28(38-41(12,13)32(4,5)6)29(39-42(14,15)33(7,8)9)26-24(21-35-30(26)37-25)27(34)23-19-17-16-18-20-23/h16-20,24-30,34H,21-22H2,1-15H3/t24-,25-,26-,27-,28-,29-,30+/m1/s1. The molecule has 42 heavy (non-hydrogen) atoms.